The van der Waals surface area contributed by atoms with Gasteiger partial charge in [0.2, 0.25) is 0 Å². The molecule has 2 unspecified atom stereocenters. The number of carboxylic acids is 2. The lowest BCUT2D eigenvalue weighted by Crippen LogP contribution is -2.75. The topological polar surface area (TPSA) is 102 Å². The van der Waals surface area contributed by atoms with E-state index in [0.717, 1.165) is 25.7 Å². The zero-order valence-electron chi connectivity index (χ0n) is 19.8. The molecule has 9 heteroatoms. The second-order valence-corrected chi connectivity index (χ2v) is 10.3. The monoisotopic (exact) mass is 450 g/mol. The fourth-order valence-electron chi connectivity index (χ4n) is 4.46. The molecule has 2 N–H and O–H groups in total. The standard InChI is InChI=1S/C21H43NO7Si/c1-7-13-15-22(16-14-8-2,18(21(25)26)17-20(23)24)19(9-3)30(27-10-4,28-11-5)29-12-6/h18-19H,7-17H2,1-6H3,(H-,23,24,25,26)/p+1. The van der Waals surface area contributed by atoms with E-state index in [9.17, 15) is 19.8 Å². The maximum atomic E-state index is 12.4. The summed E-state index contributed by atoms with van der Waals surface area (Å²) in [5, 5.41) is 19.7. The molecule has 0 aliphatic carbocycles. The van der Waals surface area contributed by atoms with Crippen LogP contribution >= 0.6 is 0 Å². The van der Waals surface area contributed by atoms with Gasteiger partial charge in [0.25, 0.3) is 0 Å². The zero-order chi connectivity index (χ0) is 23.2. The Balaban J connectivity index is 6.84. The molecule has 0 aromatic rings. The third kappa shape index (κ3) is 7.60. The Kier molecular flexibility index (Phi) is 14.4. The summed E-state index contributed by atoms with van der Waals surface area (Å²) in [6.07, 6.45) is 3.50. The number of carboxylic acid groups (broad SMARTS) is 2. The Bertz CT molecular complexity index is 479. The fourth-order valence-corrected chi connectivity index (χ4v) is 8.06. The molecule has 2 atom stereocenters. The van der Waals surface area contributed by atoms with Crippen LogP contribution in [0.4, 0.5) is 0 Å². The number of aliphatic carboxylic acids is 2. The van der Waals surface area contributed by atoms with Crippen LogP contribution in [0.25, 0.3) is 0 Å². The van der Waals surface area contributed by atoms with Crippen LogP contribution in [0.2, 0.25) is 0 Å². The van der Waals surface area contributed by atoms with Gasteiger partial charge >= 0.3 is 20.7 Å². The van der Waals surface area contributed by atoms with Crippen LogP contribution in [0, 0.1) is 0 Å². The zero-order valence-corrected chi connectivity index (χ0v) is 20.8. The smallest absolute Gasteiger partial charge is 0.481 e. The van der Waals surface area contributed by atoms with E-state index in [0.29, 0.717) is 39.3 Å². The Hall–Kier alpha value is -1.00. The third-order valence-corrected chi connectivity index (χ3v) is 9.39. The number of nitrogens with zero attached hydrogens (tertiary/aromatic N) is 1. The molecule has 0 aromatic heterocycles. The van der Waals surface area contributed by atoms with Crippen molar-refractivity contribution in [3.63, 3.8) is 0 Å². The lowest BCUT2D eigenvalue weighted by Gasteiger charge is -2.51. The lowest BCUT2D eigenvalue weighted by molar-refractivity contribution is -0.958. The van der Waals surface area contributed by atoms with E-state index in [1.165, 1.54) is 0 Å². The molecule has 0 fully saturated rings. The van der Waals surface area contributed by atoms with E-state index in [4.69, 9.17) is 13.3 Å². The molecule has 0 aliphatic heterocycles. The lowest BCUT2D eigenvalue weighted by atomic mass is 10.0. The summed E-state index contributed by atoms with van der Waals surface area (Å²) < 4.78 is 18.7. The number of unbranched alkanes of at least 4 members (excludes halogenated alkanes) is 2. The van der Waals surface area contributed by atoms with Gasteiger partial charge in [-0.05, 0) is 33.6 Å². The van der Waals surface area contributed by atoms with Gasteiger partial charge in [-0.25, -0.2) is 4.79 Å². The quantitative estimate of drug-likeness (QED) is 0.228. The molecule has 178 valence electrons. The van der Waals surface area contributed by atoms with Crippen molar-refractivity contribution in [2.45, 2.75) is 91.8 Å². The molecular formula is C21H44NO7Si+. The molecule has 0 aromatic carbocycles. The Morgan fingerprint density at radius 1 is 0.833 bits per heavy atom. The first-order valence-corrected chi connectivity index (χ1v) is 13.3. The summed E-state index contributed by atoms with van der Waals surface area (Å²) in [4.78, 5) is 24.1. The minimum absolute atomic E-state index is 0.131. The van der Waals surface area contributed by atoms with E-state index in [2.05, 4.69) is 13.8 Å². The van der Waals surface area contributed by atoms with Crippen molar-refractivity contribution in [3.05, 3.63) is 0 Å². The molecule has 8 nitrogen and oxygen atoms in total. The van der Waals surface area contributed by atoms with Crippen molar-refractivity contribution in [1.29, 1.82) is 0 Å². The highest BCUT2D eigenvalue weighted by atomic mass is 28.4. The Morgan fingerprint density at radius 2 is 1.27 bits per heavy atom. The van der Waals surface area contributed by atoms with E-state index < -0.39 is 33.2 Å². The van der Waals surface area contributed by atoms with Gasteiger partial charge in [0.05, 0.1) is 13.1 Å². The summed E-state index contributed by atoms with van der Waals surface area (Å²) >= 11 is 0. The SMILES string of the molecule is CCCC[N+](CCCC)(C(CC(=O)O)C(=O)O)C(CC)[Si](OCC)(OCC)OCC. The van der Waals surface area contributed by atoms with Gasteiger partial charge in [-0.15, -0.1) is 0 Å². The molecule has 0 spiro atoms. The molecular weight excluding hydrogens is 406 g/mol. The van der Waals surface area contributed by atoms with E-state index >= 15 is 0 Å². The van der Waals surface area contributed by atoms with Gasteiger partial charge in [-0.1, -0.05) is 33.6 Å². The van der Waals surface area contributed by atoms with Crippen LogP contribution in [0.15, 0.2) is 0 Å². The fraction of sp³-hybridized carbons (Fsp3) is 0.905. The van der Waals surface area contributed by atoms with Gasteiger partial charge in [0.1, 0.15) is 6.42 Å². The molecule has 0 aliphatic rings. The van der Waals surface area contributed by atoms with Crippen molar-refractivity contribution in [2.24, 2.45) is 0 Å². The molecule has 0 saturated carbocycles. The van der Waals surface area contributed by atoms with Crippen molar-refractivity contribution in [3.8, 4) is 0 Å². The number of quaternary nitrogens is 1. The highest BCUT2D eigenvalue weighted by molar-refractivity contribution is 6.62. The predicted molar refractivity (Wildman–Crippen MR) is 118 cm³/mol. The van der Waals surface area contributed by atoms with Crippen LogP contribution in [0.5, 0.6) is 0 Å². The number of hydrogen-bond acceptors (Lipinski definition) is 5. The summed E-state index contributed by atoms with van der Waals surface area (Å²) in [6, 6.07) is -1.08. The second kappa shape index (κ2) is 14.9. The van der Waals surface area contributed by atoms with Crippen LogP contribution in [0.3, 0.4) is 0 Å². The van der Waals surface area contributed by atoms with Gasteiger partial charge in [-0.3, -0.25) is 4.79 Å². The summed E-state index contributed by atoms with van der Waals surface area (Å²) in [5.41, 5.74) is -0.351. The molecule has 30 heavy (non-hydrogen) atoms. The molecule has 0 rings (SSSR count). The highest BCUT2D eigenvalue weighted by Gasteiger charge is 2.62. The van der Waals surface area contributed by atoms with E-state index in [1.54, 1.807) is 0 Å². The van der Waals surface area contributed by atoms with Gasteiger partial charge in [0.15, 0.2) is 11.7 Å². The van der Waals surface area contributed by atoms with Crippen LogP contribution in [-0.4, -0.2) is 80.1 Å². The van der Waals surface area contributed by atoms with Crippen molar-refractivity contribution < 1.29 is 37.6 Å². The average Bonchev–Trinajstić information content (AvgIpc) is 2.68. The first kappa shape index (κ1) is 29.0. The maximum Gasteiger partial charge on any atom is 0.562 e. The Labute approximate surface area is 183 Å². The maximum absolute atomic E-state index is 12.4. The summed E-state index contributed by atoms with van der Waals surface area (Å²) in [5.74, 6) is -2.19. The number of carbonyl (C=O) groups is 2. The first-order chi connectivity index (χ1) is 14.2. The Morgan fingerprint density at radius 3 is 1.53 bits per heavy atom. The third-order valence-electron chi connectivity index (χ3n) is 5.58. The first-order valence-electron chi connectivity index (χ1n) is 11.5. The molecule has 0 radical (unpaired) electrons. The van der Waals surface area contributed by atoms with Crippen molar-refractivity contribution in [1.82, 2.24) is 0 Å². The summed E-state index contributed by atoms with van der Waals surface area (Å²) in [7, 11) is -3.30. The molecule has 0 saturated heterocycles. The highest BCUT2D eigenvalue weighted by Crippen LogP contribution is 2.34. The van der Waals surface area contributed by atoms with Crippen LogP contribution in [-0.2, 0) is 22.9 Å². The molecule has 0 bridgehead atoms. The molecule has 0 amide bonds. The van der Waals surface area contributed by atoms with Crippen LogP contribution in [0.1, 0.15) is 80.1 Å². The predicted octanol–water partition coefficient (Wildman–Crippen LogP) is 3.70. The van der Waals surface area contributed by atoms with Crippen molar-refractivity contribution in [2.75, 3.05) is 32.9 Å². The van der Waals surface area contributed by atoms with Gasteiger partial charge < -0.3 is 28.0 Å². The van der Waals surface area contributed by atoms with Crippen LogP contribution < -0.4 is 0 Å². The largest absolute Gasteiger partial charge is 0.562 e. The normalized spacial score (nSPS) is 14.5. The minimum Gasteiger partial charge on any atom is -0.481 e. The van der Waals surface area contributed by atoms with Gasteiger partial charge in [-0.2, -0.15) is 0 Å². The minimum atomic E-state index is -3.30. The van der Waals surface area contributed by atoms with E-state index in [1.807, 2.05) is 27.7 Å². The van der Waals surface area contributed by atoms with Crippen molar-refractivity contribution >= 4 is 20.7 Å². The molecule has 0 heterocycles. The number of hydrogen-bond donors (Lipinski definition) is 2. The van der Waals surface area contributed by atoms with E-state index in [-0.39, 0.29) is 10.1 Å². The number of rotatable bonds is 19. The van der Waals surface area contributed by atoms with Gasteiger partial charge in [0, 0.05) is 26.2 Å². The average molecular weight is 451 g/mol. The summed E-state index contributed by atoms with van der Waals surface area (Å²) in [6.45, 7) is 14.0. The second-order valence-electron chi connectivity index (χ2n) is 7.54.